The average Bonchev–Trinajstić information content (AvgIpc) is 3.40. The fourth-order valence-electron chi connectivity index (χ4n) is 4.98. The Bertz CT molecular complexity index is 1610. The van der Waals surface area contributed by atoms with Gasteiger partial charge in [0.2, 0.25) is 0 Å². The van der Waals surface area contributed by atoms with Crippen molar-refractivity contribution < 1.29 is 17.9 Å². The van der Waals surface area contributed by atoms with Gasteiger partial charge in [-0.05, 0) is 54.6 Å². The summed E-state index contributed by atoms with van der Waals surface area (Å²) in [5.41, 5.74) is 4.21. The second-order valence-electron chi connectivity index (χ2n) is 10.0. The van der Waals surface area contributed by atoms with Gasteiger partial charge in [0.25, 0.3) is 0 Å². The third kappa shape index (κ3) is 5.37. The van der Waals surface area contributed by atoms with Gasteiger partial charge in [-0.1, -0.05) is 42.5 Å². The third-order valence-corrected chi connectivity index (χ3v) is 7.29. The van der Waals surface area contributed by atoms with Crippen LogP contribution in [-0.4, -0.2) is 53.3 Å². The summed E-state index contributed by atoms with van der Waals surface area (Å²) in [7, 11) is 2.13. The van der Waals surface area contributed by atoms with Gasteiger partial charge in [0.15, 0.2) is 5.65 Å². The van der Waals surface area contributed by atoms with Crippen LogP contribution >= 0.6 is 0 Å². The molecule has 1 N–H and O–H groups in total. The van der Waals surface area contributed by atoms with Crippen LogP contribution in [0.3, 0.4) is 0 Å². The number of alkyl halides is 3. The number of pyridine rings is 1. The minimum absolute atomic E-state index is 0.0388. The second kappa shape index (κ2) is 10.7. The predicted molar refractivity (Wildman–Crippen MR) is 150 cm³/mol. The number of piperazine rings is 1. The number of aromatic amines is 1. The SMILES string of the molecule is CN1CCN(c2ccc(-c3cnc4n[nH]c(-c5ccc(OCc6ccccc6)c(C(F)(F)F)c5)c4c3)cc2)CC1. The number of aromatic nitrogens is 3. The Balaban J connectivity index is 1.29. The highest BCUT2D eigenvalue weighted by Gasteiger charge is 2.35. The van der Waals surface area contributed by atoms with Gasteiger partial charge in [-0.2, -0.15) is 18.3 Å². The summed E-state index contributed by atoms with van der Waals surface area (Å²) in [4.78, 5) is 9.15. The summed E-state index contributed by atoms with van der Waals surface area (Å²) in [6, 6.07) is 23.4. The van der Waals surface area contributed by atoms with Crippen molar-refractivity contribution in [3.63, 3.8) is 0 Å². The molecular formula is C31H28F3N5O. The first kappa shape index (κ1) is 25.9. The first-order valence-electron chi connectivity index (χ1n) is 13.1. The molecule has 5 aromatic rings. The summed E-state index contributed by atoms with van der Waals surface area (Å²) in [5.74, 6) is -0.219. The number of nitrogens with one attached hydrogen (secondary N) is 1. The lowest BCUT2D eigenvalue weighted by Crippen LogP contribution is -2.44. The van der Waals surface area contributed by atoms with Crippen molar-refractivity contribution in [1.82, 2.24) is 20.1 Å². The molecular weight excluding hydrogens is 515 g/mol. The van der Waals surface area contributed by atoms with Crippen LogP contribution in [0.2, 0.25) is 0 Å². The van der Waals surface area contributed by atoms with E-state index in [1.807, 2.05) is 36.4 Å². The highest BCUT2D eigenvalue weighted by atomic mass is 19.4. The number of hydrogen-bond acceptors (Lipinski definition) is 5. The lowest BCUT2D eigenvalue weighted by molar-refractivity contribution is -0.139. The van der Waals surface area contributed by atoms with Crippen molar-refractivity contribution in [3.8, 4) is 28.1 Å². The van der Waals surface area contributed by atoms with Gasteiger partial charge in [0.05, 0.1) is 11.3 Å². The zero-order valence-corrected chi connectivity index (χ0v) is 21.9. The van der Waals surface area contributed by atoms with E-state index in [-0.39, 0.29) is 12.4 Å². The van der Waals surface area contributed by atoms with Gasteiger partial charge in [0.1, 0.15) is 12.4 Å². The van der Waals surface area contributed by atoms with E-state index in [1.165, 1.54) is 11.8 Å². The summed E-state index contributed by atoms with van der Waals surface area (Å²) in [6.07, 6.45) is -2.85. The zero-order chi connectivity index (χ0) is 27.7. The van der Waals surface area contributed by atoms with Crippen LogP contribution in [0.5, 0.6) is 5.75 Å². The molecule has 40 heavy (non-hydrogen) atoms. The van der Waals surface area contributed by atoms with Crippen molar-refractivity contribution in [2.24, 2.45) is 0 Å². The first-order valence-corrected chi connectivity index (χ1v) is 13.1. The van der Waals surface area contributed by atoms with E-state index < -0.39 is 11.7 Å². The van der Waals surface area contributed by atoms with E-state index in [9.17, 15) is 13.2 Å². The van der Waals surface area contributed by atoms with Crippen LogP contribution in [0.1, 0.15) is 11.1 Å². The monoisotopic (exact) mass is 543 g/mol. The van der Waals surface area contributed by atoms with E-state index in [0.29, 0.717) is 22.3 Å². The maximum Gasteiger partial charge on any atom is 0.419 e. The Morgan fingerprint density at radius 1 is 0.850 bits per heavy atom. The van der Waals surface area contributed by atoms with Crippen molar-refractivity contribution in [2.75, 3.05) is 38.1 Å². The molecule has 1 aliphatic heterocycles. The van der Waals surface area contributed by atoms with E-state index in [1.54, 1.807) is 12.3 Å². The zero-order valence-electron chi connectivity index (χ0n) is 21.9. The van der Waals surface area contributed by atoms with Gasteiger partial charge in [-0.3, -0.25) is 5.10 Å². The van der Waals surface area contributed by atoms with E-state index in [4.69, 9.17) is 4.74 Å². The van der Waals surface area contributed by atoms with Crippen LogP contribution in [0.25, 0.3) is 33.4 Å². The lowest BCUT2D eigenvalue weighted by atomic mass is 10.0. The number of halogens is 3. The van der Waals surface area contributed by atoms with Crippen molar-refractivity contribution in [1.29, 1.82) is 0 Å². The van der Waals surface area contributed by atoms with Gasteiger partial charge in [-0.25, -0.2) is 4.98 Å². The molecule has 204 valence electrons. The number of likely N-dealkylation sites (N-methyl/N-ethyl adjacent to an activating group) is 1. The highest BCUT2D eigenvalue weighted by molar-refractivity contribution is 5.93. The van der Waals surface area contributed by atoms with Crippen LogP contribution in [-0.2, 0) is 12.8 Å². The Hall–Kier alpha value is -4.37. The molecule has 3 aromatic carbocycles. The van der Waals surface area contributed by atoms with Crippen LogP contribution in [0, 0.1) is 0 Å². The van der Waals surface area contributed by atoms with Gasteiger partial charge in [0, 0.05) is 54.6 Å². The Labute approximate surface area is 230 Å². The molecule has 0 bridgehead atoms. The molecule has 0 spiro atoms. The Morgan fingerprint density at radius 3 is 2.30 bits per heavy atom. The maximum absolute atomic E-state index is 14.1. The molecule has 1 fully saturated rings. The lowest BCUT2D eigenvalue weighted by Gasteiger charge is -2.34. The van der Waals surface area contributed by atoms with E-state index in [0.717, 1.165) is 48.9 Å². The number of rotatable bonds is 6. The normalized spacial score (nSPS) is 14.6. The van der Waals surface area contributed by atoms with E-state index >= 15 is 0 Å². The van der Waals surface area contributed by atoms with Gasteiger partial charge in [-0.15, -0.1) is 0 Å². The third-order valence-electron chi connectivity index (χ3n) is 7.29. The van der Waals surface area contributed by atoms with Crippen molar-refractivity contribution >= 4 is 16.7 Å². The minimum atomic E-state index is -4.59. The number of benzene rings is 3. The number of H-pyrrole nitrogens is 1. The fourth-order valence-corrected chi connectivity index (χ4v) is 4.98. The number of anilines is 1. The second-order valence-corrected chi connectivity index (χ2v) is 10.0. The van der Waals surface area contributed by atoms with Crippen LogP contribution in [0.4, 0.5) is 18.9 Å². The number of fused-ring (bicyclic) bond motifs is 1. The van der Waals surface area contributed by atoms with Crippen LogP contribution < -0.4 is 9.64 Å². The molecule has 0 unspecified atom stereocenters. The molecule has 6 nitrogen and oxygen atoms in total. The van der Waals surface area contributed by atoms with Gasteiger partial charge >= 0.3 is 6.18 Å². The standard InChI is InChI=1S/C31H28F3N5O/c1-38-13-15-39(16-14-38)25-10-7-22(8-11-25)24-17-26-29(36-37-30(26)35-19-24)23-9-12-28(27(18-23)31(32,33)34)40-20-21-5-3-2-4-6-21/h2-12,17-19H,13-16,20H2,1H3,(H,35,36,37). The molecule has 2 aromatic heterocycles. The molecule has 9 heteroatoms. The van der Waals surface area contributed by atoms with Gasteiger partial charge < -0.3 is 14.5 Å². The quantitative estimate of drug-likeness (QED) is 0.260. The predicted octanol–water partition coefficient (Wildman–Crippen LogP) is 6.64. The van der Waals surface area contributed by atoms with Crippen LogP contribution in [0.15, 0.2) is 85.1 Å². The topological polar surface area (TPSA) is 57.3 Å². The fraction of sp³-hybridized carbons (Fsp3) is 0.226. The number of ether oxygens (including phenoxy) is 1. The van der Waals surface area contributed by atoms with Crippen molar-refractivity contribution in [2.45, 2.75) is 12.8 Å². The summed E-state index contributed by atoms with van der Waals surface area (Å²) in [5, 5.41) is 7.78. The molecule has 3 heterocycles. The number of hydrogen-bond donors (Lipinski definition) is 1. The molecule has 1 saturated heterocycles. The molecule has 1 aliphatic rings. The molecule has 0 amide bonds. The molecule has 0 radical (unpaired) electrons. The van der Waals surface area contributed by atoms with E-state index in [2.05, 4.69) is 56.3 Å². The molecule has 0 atom stereocenters. The average molecular weight is 544 g/mol. The van der Waals surface area contributed by atoms with Crippen molar-refractivity contribution in [3.05, 3.63) is 96.2 Å². The summed E-state index contributed by atoms with van der Waals surface area (Å²) in [6.45, 7) is 4.07. The summed E-state index contributed by atoms with van der Waals surface area (Å²) >= 11 is 0. The minimum Gasteiger partial charge on any atom is -0.488 e. The Kier molecular flexibility index (Phi) is 6.89. The highest BCUT2D eigenvalue weighted by Crippen LogP contribution is 2.40. The first-order chi connectivity index (χ1) is 19.3. The maximum atomic E-state index is 14.1. The molecule has 0 saturated carbocycles. The smallest absolute Gasteiger partial charge is 0.419 e. The number of nitrogens with zero attached hydrogens (tertiary/aromatic N) is 4. The Morgan fingerprint density at radius 2 is 1.57 bits per heavy atom. The molecule has 0 aliphatic carbocycles. The molecule has 6 rings (SSSR count). The summed E-state index contributed by atoms with van der Waals surface area (Å²) < 4.78 is 47.8. The largest absolute Gasteiger partial charge is 0.488 e.